The third-order valence-corrected chi connectivity index (χ3v) is 5.42. The fourth-order valence-corrected chi connectivity index (χ4v) is 3.42. The van der Waals surface area contributed by atoms with E-state index in [9.17, 15) is 14.4 Å². The number of rotatable bonds is 8. The molecule has 2 amide bonds. The van der Waals surface area contributed by atoms with E-state index in [1.54, 1.807) is 34.9 Å². The highest BCUT2D eigenvalue weighted by Gasteiger charge is 2.57. The molecule has 0 saturated heterocycles. The third-order valence-electron chi connectivity index (χ3n) is 5.42. The Bertz CT molecular complexity index is 781. The van der Waals surface area contributed by atoms with Crippen molar-refractivity contribution in [2.45, 2.75) is 77.7 Å². The predicted octanol–water partition coefficient (Wildman–Crippen LogP) is 4.00. The summed E-state index contributed by atoms with van der Waals surface area (Å²) in [7, 11) is 3.19. The molecule has 172 valence electrons. The molecule has 1 saturated carbocycles. The number of hydrogen-bond donors (Lipinski definition) is 0. The van der Waals surface area contributed by atoms with Gasteiger partial charge in [-0.1, -0.05) is 44.2 Å². The molecule has 0 aromatic heterocycles. The van der Waals surface area contributed by atoms with Crippen molar-refractivity contribution in [3.8, 4) is 0 Å². The summed E-state index contributed by atoms with van der Waals surface area (Å²) < 4.78 is 11.0. The van der Waals surface area contributed by atoms with Crippen LogP contribution in [0.2, 0.25) is 0 Å². The smallest absolute Gasteiger partial charge is 0.410 e. The Morgan fingerprint density at radius 2 is 1.65 bits per heavy atom. The second-order valence-corrected chi connectivity index (χ2v) is 9.73. The van der Waals surface area contributed by atoms with Gasteiger partial charge in [0.1, 0.15) is 23.8 Å². The van der Waals surface area contributed by atoms with Crippen molar-refractivity contribution in [2.75, 3.05) is 14.1 Å². The quantitative estimate of drug-likeness (QED) is 0.580. The lowest BCUT2D eigenvalue weighted by Crippen LogP contribution is -2.55. The second-order valence-electron chi connectivity index (χ2n) is 9.73. The van der Waals surface area contributed by atoms with Crippen LogP contribution in [0.3, 0.4) is 0 Å². The lowest BCUT2D eigenvalue weighted by atomic mass is 10.0. The Labute approximate surface area is 185 Å². The lowest BCUT2D eigenvalue weighted by molar-refractivity contribution is -0.159. The highest BCUT2D eigenvalue weighted by atomic mass is 16.6. The number of benzene rings is 1. The van der Waals surface area contributed by atoms with Crippen molar-refractivity contribution in [1.29, 1.82) is 0 Å². The summed E-state index contributed by atoms with van der Waals surface area (Å²) in [6, 6.07) is 8.71. The first kappa shape index (κ1) is 24.7. The van der Waals surface area contributed by atoms with Crippen LogP contribution in [0.4, 0.5) is 4.79 Å². The van der Waals surface area contributed by atoms with Gasteiger partial charge in [0.25, 0.3) is 0 Å². The fourth-order valence-electron chi connectivity index (χ4n) is 3.42. The number of nitrogens with zero attached hydrogens (tertiary/aromatic N) is 2. The number of likely N-dealkylation sites (N-methyl/N-ethyl adjacent to an activating group) is 2. The van der Waals surface area contributed by atoms with E-state index in [0.717, 1.165) is 5.56 Å². The molecule has 7 nitrogen and oxygen atoms in total. The van der Waals surface area contributed by atoms with Crippen molar-refractivity contribution >= 4 is 18.0 Å². The maximum atomic E-state index is 13.4. The highest BCUT2D eigenvalue weighted by Crippen LogP contribution is 2.43. The van der Waals surface area contributed by atoms with Crippen LogP contribution in [0.15, 0.2) is 30.3 Å². The molecule has 0 aliphatic heterocycles. The molecular formula is C24H36N2O5. The monoisotopic (exact) mass is 432 g/mol. The molecule has 0 heterocycles. The van der Waals surface area contributed by atoms with E-state index < -0.39 is 29.2 Å². The van der Waals surface area contributed by atoms with Crippen molar-refractivity contribution in [2.24, 2.45) is 5.92 Å². The predicted molar refractivity (Wildman–Crippen MR) is 118 cm³/mol. The van der Waals surface area contributed by atoms with Gasteiger partial charge in [0.15, 0.2) is 0 Å². The molecule has 1 atom stereocenters. The minimum Gasteiger partial charge on any atom is -0.459 e. The minimum atomic E-state index is -0.962. The second kappa shape index (κ2) is 9.71. The summed E-state index contributed by atoms with van der Waals surface area (Å²) in [5, 5.41) is 0. The molecule has 0 N–H and O–H groups in total. The van der Waals surface area contributed by atoms with E-state index in [-0.39, 0.29) is 18.4 Å². The summed E-state index contributed by atoms with van der Waals surface area (Å²) in [5.74, 6) is -0.515. The summed E-state index contributed by atoms with van der Waals surface area (Å²) in [4.78, 5) is 41.7. The van der Waals surface area contributed by atoms with E-state index >= 15 is 0 Å². The first-order valence-corrected chi connectivity index (χ1v) is 10.8. The molecule has 1 aliphatic carbocycles. The number of esters is 1. The van der Waals surface area contributed by atoms with Crippen LogP contribution in [0.5, 0.6) is 0 Å². The molecule has 2 rings (SSSR count). The van der Waals surface area contributed by atoms with Gasteiger partial charge in [0.05, 0.1) is 0 Å². The van der Waals surface area contributed by atoms with Gasteiger partial charge in [-0.3, -0.25) is 9.69 Å². The minimum absolute atomic E-state index is 0.163. The van der Waals surface area contributed by atoms with Crippen LogP contribution in [0.25, 0.3) is 0 Å². The fraction of sp³-hybridized carbons (Fsp3) is 0.625. The van der Waals surface area contributed by atoms with Gasteiger partial charge in [0, 0.05) is 14.1 Å². The molecule has 1 aromatic rings. The highest BCUT2D eigenvalue weighted by molar-refractivity contribution is 5.93. The molecule has 7 heteroatoms. The molecule has 1 aliphatic rings. The molecule has 0 radical (unpaired) electrons. The third kappa shape index (κ3) is 6.45. The Morgan fingerprint density at radius 1 is 1.06 bits per heavy atom. The average molecular weight is 433 g/mol. The van der Waals surface area contributed by atoms with Gasteiger partial charge in [-0.25, -0.2) is 9.59 Å². The Morgan fingerprint density at radius 3 is 2.13 bits per heavy atom. The van der Waals surface area contributed by atoms with Gasteiger partial charge in [-0.15, -0.1) is 0 Å². The van der Waals surface area contributed by atoms with Crippen LogP contribution in [-0.2, 0) is 25.7 Å². The van der Waals surface area contributed by atoms with Crippen LogP contribution >= 0.6 is 0 Å². The van der Waals surface area contributed by atoms with E-state index in [2.05, 4.69) is 0 Å². The van der Waals surface area contributed by atoms with Gasteiger partial charge in [-0.05, 0) is 51.5 Å². The van der Waals surface area contributed by atoms with E-state index in [1.807, 2.05) is 44.2 Å². The van der Waals surface area contributed by atoms with Crippen LogP contribution in [0, 0.1) is 5.92 Å². The summed E-state index contributed by atoms with van der Waals surface area (Å²) in [6.45, 7) is 9.50. The standard InChI is InChI=1S/C24H36N2O5/c1-17(2)15-19(25(6)22(29)31-23(3,4)5)20(27)26(7)24(13-14-24)21(28)30-16-18-11-9-8-10-12-18/h8-12,17,19H,13-16H2,1-7H3/t19-/m0/s1. The zero-order valence-corrected chi connectivity index (χ0v) is 19.8. The maximum Gasteiger partial charge on any atom is 0.410 e. The molecule has 0 unspecified atom stereocenters. The SMILES string of the molecule is CC(C)C[C@@H](C(=O)N(C)C1(C(=O)OCc2ccccc2)CC1)N(C)C(=O)OC(C)(C)C. The lowest BCUT2D eigenvalue weighted by Gasteiger charge is -2.35. The molecule has 31 heavy (non-hydrogen) atoms. The first-order chi connectivity index (χ1) is 14.4. The molecule has 0 spiro atoms. The van der Waals surface area contributed by atoms with Crippen LogP contribution in [-0.4, -0.2) is 59.0 Å². The number of carbonyl (C=O) groups excluding carboxylic acids is 3. The largest absolute Gasteiger partial charge is 0.459 e. The maximum absolute atomic E-state index is 13.4. The van der Waals surface area contributed by atoms with E-state index in [1.165, 1.54) is 9.80 Å². The van der Waals surface area contributed by atoms with Crippen molar-refractivity contribution in [1.82, 2.24) is 9.80 Å². The van der Waals surface area contributed by atoms with Crippen LogP contribution in [0.1, 0.15) is 59.4 Å². The summed E-state index contributed by atoms with van der Waals surface area (Å²) >= 11 is 0. The normalized spacial score (nSPS) is 15.7. The van der Waals surface area contributed by atoms with E-state index in [4.69, 9.17) is 9.47 Å². The topological polar surface area (TPSA) is 76.2 Å². The summed E-state index contributed by atoms with van der Waals surface area (Å²) in [5.41, 5.74) is -0.736. The average Bonchev–Trinajstić information content (AvgIpc) is 3.50. The molecule has 1 fully saturated rings. The number of ether oxygens (including phenoxy) is 2. The zero-order chi connectivity index (χ0) is 23.4. The molecular weight excluding hydrogens is 396 g/mol. The number of carbonyl (C=O) groups is 3. The van der Waals surface area contributed by atoms with Gasteiger partial charge >= 0.3 is 12.1 Å². The van der Waals surface area contributed by atoms with Gasteiger partial charge in [-0.2, -0.15) is 0 Å². The zero-order valence-electron chi connectivity index (χ0n) is 19.8. The summed E-state index contributed by atoms with van der Waals surface area (Å²) in [6.07, 6.45) is 1.01. The Hall–Kier alpha value is -2.57. The molecule has 0 bridgehead atoms. The van der Waals surface area contributed by atoms with E-state index in [0.29, 0.717) is 19.3 Å². The number of hydrogen-bond acceptors (Lipinski definition) is 5. The Balaban J connectivity index is 2.12. The van der Waals surface area contributed by atoms with Crippen molar-refractivity contribution < 1.29 is 23.9 Å². The van der Waals surface area contributed by atoms with Crippen molar-refractivity contribution in [3.05, 3.63) is 35.9 Å². The van der Waals surface area contributed by atoms with Gasteiger partial charge in [0.2, 0.25) is 5.91 Å². The molecule has 1 aromatic carbocycles. The number of amides is 2. The first-order valence-electron chi connectivity index (χ1n) is 10.8. The van der Waals surface area contributed by atoms with Crippen LogP contribution < -0.4 is 0 Å². The van der Waals surface area contributed by atoms with Crippen molar-refractivity contribution in [3.63, 3.8) is 0 Å². The Kier molecular flexibility index (Phi) is 7.73. The van der Waals surface area contributed by atoms with Gasteiger partial charge < -0.3 is 14.4 Å².